The number of ether oxygens (including phenoxy) is 1. The summed E-state index contributed by atoms with van der Waals surface area (Å²) in [4.78, 5) is 65.8. The fourth-order valence-corrected chi connectivity index (χ4v) is 5.09. The fourth-order valence-electron chi connectivity index (χ4n) is 5.09. The largest absolute Gasteiger partial charge is 0.385 e. The second-order valence-electron chi connectivity index (χ2n) is 10.5. The second kappa shape index (κ2) is 14.1. The minimum absolute atomic E-state index is 0.146. The molecule has 0 aliphatic heterocycles. The maximum atomic E-state index is 13.6. The maximum absolute atomic E-state index is 13.6. The van der Waals surface area contributed by atoms with E-state index in [9.17, 15) is 23.6 Å². The average Bonchev–Trinajstić information content (AvgIpc) is 3.50. The molecule has 45 heavy (non-hydrogen) atoms. The summed E-state index contributed by atoms with van der Waals surface area (Å²) in [6.45, 7) is 3.55. The molecule has 234 valence electrons. The van der Waals surface area contributed by atoms with Crippen LogP contribution in [0.5, 0.6) is 0 Å². The number of H-pyrrole nitrogens is 1. The molecule has 0 aliphatic carbocycles. The van der Waals surface area contributed by atoms with Crippen molar-refractivity contribution in [2.75, 3.05) is 25.2 Å². The van der Waals surface area contributed by atoms with Crippen molar-refractivity contribution >= 4 is 22.9 Å². The van der Waals surface area contributed by atoms with E-state index >= 15 is 0 Å². The van der Waals surface area contributed by atoms with Gasteiger partial charge in [0.05, 0.1) is 0 Å². The number of benzene rings is 1. The quantitative estimate of drug-likeness (QED) is 0.200. The Morgan fingerprint density at radius 1 is 0.978 bits per heavy atom. The number of anilines is 1. The summed E-state index contributed by atoms with van der Waals surface area (Å²) < 4.78 is 23.0. The predicted octanol–water partition coefficient (Wildman–Crippen LogP) is 3.43. The smallest absolute Gasteiger partial charge is 0.332 e. The summed E-state index contributed by atoms with van der Waals surface area (Å²) >= 11 is 0. The van der Waals surface area contributed by atoms with Gasteiger partial charge in [-0.15, -0.1) is 0 Å². The van der Waals surface area contributed by atoms with E-state index < -0.39 is 17.1 Å². The molecule has 5 rings (SSSR count). The molecule has 0 spiro atoms. The molecule has 4 aromatic heterocycles. The summed E-state index contributed by atoms with van der Waals surface area (Å²) in [6, 6.07) is 13.5. The molecular formula is C32H34FN7O5. The molecule has 0 radical (unpaired) electrons. The predicted molar refractivity (Wildman–Crippen MR) is 168 cm³/mol. The first-order chi connectivity index (χ1) is 21.8. The highest BCUT2D eigenvalue weighted by molar-refractivity contribution is 6.05. The van der Waals surface area contributed by atoms with Crippen molar-refractivity contribution in [2.24, 2.45) is 0 Å². The third kappa shape index (κ3) is 6.83. The lowest BCUT2D eigenvalue weighted by molar-refractivity contribution is 0.0985. The SMILES string of the molecule is CCCn1c(=O)c2[nH]c(-c3ccc(N(CCCn4ccccc4=O)C(=O)c4ccc(F)cc4)nc3)nc2n(CCCOC)c1=O. The highest BCUT2D eigenvalue weighted by Crippen LogP contribution is 2.22. The van der Waals surface area contributed by atoms with Crippen LogP contribution in [0.2, 0.25) is 0 Å². The molecule has 12 nitrogen and oxygen atoms in total. The van der Waals surface area contributed by atoms with Crippen LogP contribution in [0.1, 0.15) is 36.5 Å². The van der Waals surface area contributed by atoms with Crippen LogP contribution < -0.4 is 21.7 Å². The van der Waals surface area contributed by atoms with Crippen molar-refractivity contribution in [3.05, 3.63) is 110 Å². The van der Waals surface area contributed by atoms with E-state index in [-0.39, 0.29) is 41.3 Å². The standard InChI is InChI=1S/C32H34FN7O5/c1-3-15-40-31(43)27-29(39(32(40)44)19-7-20-45-2)36-28(35-27)23-11-14-25(34-21-23)38(30(42)22-9-12-24(33)13-10-22)18-6-17-37-16-5-4-8-26(37)41/h4-5,8-14,16,21H,3,6-7,15,17-20H2,1-2H3,(H,35,36). The van der Waals surface area contributed by atoms with Crippen LogP contribution in [0.15, 0.2) is 81.4 Å². The molecular weight excluding hydrogens is 581 g/mol. The number of imidazole rings is 1. The lowest BCUT2D eigenvalue weighted by Crippen LogP contribution is -2.40. The van der Waals surface area contributed by atoms with Crippen LogP contribution in [-0.4, -0.2) is 54.8 Å². The molecule has 0 fully saturated rings. The number of aromatic amines is 1. The van der Waals surface area contributed by atoms with Crippen molar-refractivity contribution < 1.29 is 13.9 Å². The molecule has 0 saturated heterocycles. The number of hydrogen-bond donors (Lipinski definition) is 1. The van der Waals surface area contributed by atoms with E-state index in [2.05, 4.69) is 15.0 Å². The van der Waals surface area contributed by atoms with Gasteiger partial charge in [0.25, 0.3) is 11.5 Å². The zero-order chi connectivity index (χ0) is 31.9. The van der Waals surface area contributed by atoms with Gasteiger partial charge < -0.3 is 14.3 Å². The van der Waals surface area contributed by atoms with Gasteiger partial charge in [-0.1, -0.05) is 13.0 Å². The number of hydrogen-bond acceptors (Lipinski definition) is 7. The third-order valence-electron chi connectivity index (χ3n) is 7.35. The molecule has 0 aliphatic rings. The zero-order valence-electron chi connectivity index (χ0n) is 25.1. The van der Waals surface area contributed by atoms with Gasteiger partial charge in [-0.2, -0.15) is 0 Å². The minimum atomic E-state index is -0.458. The Morgan fingerprint density at radius 2 is 1.78 bits per heavy atom. The van der Waals surface area contributed by atoms with Gasteiger partial charge in [-0.05, 0) is 61.7 Å². The average molecular weight is 616 g/mol. The molecule has 0 unspecified atom stereocenters. The number of pyridine rings is 2. The van der Waals surface area contributed by atoms with Crippen molar-refractivity contribution in [3.8, 4) is 11.4 Å². The molecule has 5 aromatic rings. The van der Waals surface area contributed by atoms with E-state index in [0.29, 0.717) is 56.2 Å². The van der Waals surface area contributed by atoms with Crippen LogP contribution in [0.3, 0.4) is 0 Å². The normalized spacial score (nSPS) is 11.3. The Labute approximate surface area is 257 Å². The van der Waals surface area contributed by atoms with Crippen molar-refractivity contribution in [3.63, 3.8) is 0 Å². The Bertz CT molecular complexity index is 1960. The van der Waals surface area contributed by atoms with Crippen LogP contribution in [0.4, 0.5) is 10.2 Å². The molecule has 1 amide bonds. The van der Waals surface area contributed by atoms with Gasteiger partial charge in [-0.3, -0.25) is 28.4 Å². The molecule has 0 bridgehead atoms. The first-order valence-electron chi connectivity index (χ1n) is 14.7. The van der Waals surface area contributed by atoms with Crippen LogP contribution in [0, 0.1) is 5.82 Å². The maximum Gasteiger partial charge on any atom is 0.332 e. The van der Waals surface area contributed by atoms with Gasteiger partial charge in [-0.25, -0.2) is 19.2 Å². The van der Waals surface area contributed by atoms with Gasteiger partial charge in [0.2, 0.25) is 5.56 Å². The number of nitrogens with one attached hydrogen (secondary N) is 1. The lowest BCUT2D eigenvalue weighted by atomic mass is 10.2. The molecule has 0 atom stereocenters. The highest BCUT2D eigenvalue weighted by Gasteiger charge is 2.21. The minimum Gasteiger partial charge on any atom is -0.385 e. The monoisotopic (exact) mass is 615 g/mol. The Balaban J connectivity index is 1.47. The number of methoxy groups -OCH3 is 1. The van der Waals surface area contributed by atoms with Crippen molar-refractivity contribution in [2.45, 2.75) is 45.8 Å². The van der Waals surface area contributed by atoms with Crippen LogP contribution in [-0.2, 0) is 24.4 Å². The molecule has 0 saturated carbocycles. The van der Waals surface area contributed by atoms with Crippen molar-refractivity contribution in [1.29, 1.82) is 0 Å². The number of carbonyl (C=O) groups is 1. The van der Waals surface area contributed by atoms with Gasteiger partial charge in [0.15, 0.2) is 5.65 Å². The molecule has 1 N–H and O–H groups in total. The topological polar surface area (TPSA) is 137 Å². The Hall–Kier alpha value is -5.17. The van der Waals surface area contributed by atoms with Gasteiger partial charge >= 0.3 is 5.69 Å². The highest BCUT2D eigenvalue weighted by atomic mass is 19.1. The molecule has 13 heteroatoms. The second-order valence-corrected chi connectivity index (χ2v) is 10.5. The van der Waals surface area contributed by atoms with Crippen LogP contribution >= 0.6 is 0 Å². The number of rotatable bonds is 13. The third-order valence-corrected chi connectivity index (χ3v) is 7.35. The lowest BCUT2D eigenvalue weighted by Gasteiger charge is -2.22. The number of amides is 1. The summed E-state index contributed by atoms with van der Waals surface area (Å²) in [6.07, 6.45) is 4.83. The van der Waals surface area contributed by atoms with Crippen LogP contribution in [0.25, 0.3) is 22.6 Å². The van der Waals surface area contributed by atoms with E-state index in [0.717, 1.165) is 0 Å². The zero-order valence-corrected chi connectivity index (χ0v) is 25.1. The van der Waals surface area contributed by atoms with E-state index in [1.165, 1.54) is 50.6 Å². The number of aromatic nitrogens is 6. The first-order valence-corrected chi connectivity index (χ1v) is 14.7. The Kier molecular flexibility index (Phi) is 9.78. The number of aryl methyl sites for hydroxylation is 2. The van der Waals surface area contributed by atoms with Crippen molar-refractivity contribution in [1.82, 2.24) is 28.7 Å². The van der Waals surface area contributed by atoms with E-state index in [1.807, 2.05) is 6.92 Å². The van der Waals surface area contributed by atoms with Gasteiger partial charge in [0.1, 0.15) is 23.0 Å². The summed E-state index contributed by atoms with van der Waals surface area (Å²) in [5.74, 6) is -0.155. The summed E-state index contributed by atoms with van der Waals surface area (Å²) in [5, 5.41) is 0. The molecule has 1 aromatic carbocycles. The Morgan fingerprint density at radius 3 is 2.47 bits per heavy atom. The number of halogens is 1. The number of fused-ring (bicyclic) bond motifs is 1. The number of carbonyl (C=O) groups excluding carboxylic acids is 1. The summed E-state index contributed by atoms with van der Waals surface area (Å²) in [7, 11) is 1.58. The van der Waals surface area contributed by atoms with E-state index in [4.69, 9.17) is 4.74 Å². The first kappa shape index (κ1) is 31.3. The fraction of sp³-hybridized carbons (Fsp3) is 0.312. The van der Waals surface area contributed by atoms with E-state index in [1.54, 1.807) is 42.1 Å². The summed E-state index contributed by atoms with van der Waals surface area (Å²) in [5.41, 5.74) is 0.262. The van der Waals surface area contributed by atoms with Gasteiger partial charge in [0, 0.05) is 69.5 Å². The number of nitrogens with zero attached hydrogens (tertiary/aromatic N) is 6. The molecule has 4 heterocycles.